The number of carbonyl (C=O) groups is 1. The molecular weight excluding hydrogens is 384 g/mol. The number of urea groups is 1. The first-order chi connectivity index (χ1) is 15.2. The van der Waals surface area contributed by atoms with Crippen molar-refractivity contribution in [2.24, 2.45) is 5.92 Å². The molecular formula is C26H32N4O. The van der Waals surface area contributed by atoms with E-state index in [-0.39, 0.29) is 6.03 Å². The third-order valence-corrected chi connectivity index (χ3v) is 6.25. The van der Waals surface area contributed by atoms with Gasteiger partial charge < -0.3 is 16.0 Å². The summed E-state index contributed by atoms with van der Waals surface area (Å²) in [4.78, 5) is 16.9. The van der Waals surface area contributed by atoms with E-state index in [0.717, 1.165) is 40.2 Å². The smallest absolute Gasteiger partial charge is 0.310 e. The second-order valence-corrected chi connectivity index (χ2v) is 8.66. The summed E-state index contributed by atoms with van der Waals surface area (Å²) >= 11 is 0. The summed E-state index contributed by atoms with van der Waals surface area (Å²) in [5.74, 6) is 0.853. The second-order valence-electron chi connectivity index (χ2n) is 8.66. The van der Waals surface area contributed by atoms with E-state index in [9.17, 15) is 4.79 Å². The van der Waals surface area contributed by atoms with Gasteiger partial charge in [-0.25, -0.2) is 4.79 Å². The van der Waals surface area contributed by atoms with E-state index in [1.54, 1.807) is 12.4 Å². The molecule has 2 aromatic carbocycles. The predicted octanol–water partition coefficient (Wildman–Crippen LogP) is 6.33. The fraction of sp³-hybridized carbons (Fsp3) is 0.385. The third kappa shape index (κ3) is 5.82. The van der Waals surface area contributed by atoms with Crippen LogP contribution in [0.2, 0.25) is 0 Å². The highest BCUT2D eigenvalue weighted by Crippen LogP contribution is 2.27. The number of nitrogens with zero attached hydrogens (tertiary/aromatic N) is 1. The second kappa shape index (κ2) is 10.4. The van der Waals surface area contributed by atoms with E-state index in [1.165, 1.54) is 38.5 Å². The highest BCUT2D eigenvalue weighted by molar-refractivity contribution is 6.06. The lowest BCUT2D eigenvalue weighted by Gasteiger charge is -2.25. The van der Waals surface area contributed by atoms with Gasteiger partial charge in [0.2, 0.25) is 0 Å². The van der Waals surface area contributed by atoms with E-state index < -0.39 is 0 Å². The fourth-order valence-corrected chi connectivity index (χ4v) is 4.59. The number of amides is 2. The molecule has 0 spiro atoms. The standard InChI is InChI=1S/C26H32N4O/c1-19(16-20-8-3-2-4-9-20)28-18-22-10-5-6-12-24(22)29-26(31)30-25-13-7-11-21-17-27-15-14-23(21)25/h5-7,10-15,17,19-20,28H,2-4,8-9,16,18H2,1H3,(H2,29,30,31)/t19-/m0/s1. The number of nitrogens with one attached hydrogen (secondary N) is 3. The Balaban J connectivity index is 1.36. The predicted molar refractivity (Wildman–Crippen MR) is 128 cm³/mol. The average Bonchev–Trinajstić information content (AvgIpc) is 2.79. The number of para-hydroxylation sites is 1. The van der Waals surface area contributed by atoms with Crippen LogP contribution >= 0.6 is 0 Å². The summed E-state index contributed by atoms with van der Waals surface area (Å²) < 4.78 is 0. The van der Waals surface area contributed by atoms with Crippen LogP contribution in [-0.2, 0) is 6.54 Å². The maximum atomic E-state index is 12.7. The van der Waals surface area contributed by atoms with E-state index in [0.29, 0.717) is 6.04 Å². The minimum absolute atomic E-state index is 0.244. The number of fused-ring (bicyclic) bond motifs is 1. The van der Waals surface area contributed by atoms with Crippen LogP contribution in [0.1, 0.15) is 51.0 Å². The van der Waals surface area contributed by atoms with E-state index in [4.69, 9.17) is 0 Å². The molecule has 0 aliphatic heterocycles. The molecule has 5 nitrogen and oxygen atoms in total. The Morgan fingerprint density at radius 3 is 2.65 bits per heavy atom. The summed E-state index contributed by atoms with van der Waals surface area (Å²) in [6.45, 7) is 3.01. The van der Waals surface area contributed by atoms with Crippen LogP contribution < -0.4 is 16.0 Å². The van der Waals surface area contributed by atoms with Crippen molar-refractivity contribution in [3.63, 3.8) is 0 Å². The summed E-state index contributed by atoms with van der Waals surface area (Å²) in [6.07, 6.45) is 11.7. The molecule has 1 fully saturated rings. The summed E-state index contributed by atoms with van der Waals surface area (Å²) in [6, 6.07) is 15.9. The van der Waals surface area contributed by atoms with Gasteiger partial charge in [0.25, 0.3) is 0 Å². The maximum absolute atomic E-state index is 12.7. The normalized spacial score (nSPS) is 15.5. The summed E-state index contributed by atoms with van der Waals surface area (Å²) in [7, 11) is 0. The van der Waals surface area contributed by atoms with Gasteiger partial charge >= 0.3 is 6.03 Å². The molecule has 1 atom stereocenters. The van der Waals surface area contributed by atoms with Crippen molar-refractivity contribution in [3.05, 3.63) is 66.5 Å². The number of rotatable bonds is 7. The molecule has 1 saturated carbocycles. The van der Waals surface area contributed by atoms with Gasteiger partial charge in [0.15, 0.2) is 0 Å². The minimum Gasteiger partial charge on any atom is -0.310 e. The molecule has 3 aromatic rings. The Morgan fingerprint density at radius 1 is 1.00 bits per heavy atom. The van der Waals surface area contributed by atoms with Crippen molar-refractivity contribution in [3.8, 4) is 0 Å². The molecule has 162 valence electrons. The van der Waals surface area contributed by atoms with Crippen LogP contribution in [-0.4, -0.2) is 17.1 Å². The zero-order chi connectivity index (χ0) is 21.5. The number of hydrogen-bond donors (Lipinski definition) is 3. The van der Waals surface area contributed by atoms with Gasteiger partial charge in [0.1, 0.15) is 0 Å². The van der Waals surface area contributed by atoms with Gasteiger partial charge in [-0.1, -0.05) is 62.4 Å². The van der Waals surface area contributed by atoms with Crippen LogP contribution in [0.4, 0.5) is 16.2 Å². The SMILES string of the molecule is C[C@@H](CC1CCCCC1)NCc1ccccc1NC(=O)Nc1cccc2cnccc12. The molecule has 0 bridgehead atoms. The first-order valence-electron chi connectivity index (χ1n) is 11.4. The Hall–Kier alpha value is -2.92. The molecule has 0 saturated heterocycles. The Kier molecular flexibility index (Phi) is 7.15. The fourth-order valence-electron chi connectivity index (χ4n) is 4.59. The molecule has 1 aliphatic rings. The van der Waals surface area contributed by atoms with Gasteiger partial charge in [0.05, 0.1) is 5.69 Å². The van der Waals surface area contributed by atoms with Gasteiger partial charge in [-0.05, 0) is 43.0 Å². The lowest BCUT2D eigenvalue weighted by molar-refractivity contribution is 0.262. The average molecular weight is 417 g/mol. The number of aromatic nitrogens is 1. The highest BCUT2D eigenvalue weighted by Gasteiger charge is 2.16. The molecule has 0 radical (unpaired) electrons. The largest absolute Gasteiger partial charge is 0.323 e. The minimum atomic E-state index is -0.244. The number of pyridine rings is 1. The van der Waals surface area contributed by atoms with Crippen molar-refractivity contribution in [1.82, 2.24) is 10.3 Å². The number of anilines is 2. The molecule has 1 aromatic heterocycles. The lowest BCUT2D eigenvalue weighted by Crippen LogP contribution is -2.29. The lowest BCUT2D eigenvalue weighted by atomic mass is 9.85. The van der Waals surface area contributed by atoms with E-state index >= 15 is 0 Å². The number of carbonyl (C=O) groups excluding carboxylic acids is 1. The Morgan fingerprint density at radius 2 is 1.77 bits per heavy atom. The maximum Gasteiger partial charge on any atom is 0.323 e. The van der Waals surface area contributed by atoms with Crippen molar-refractivity contribution in [2.75, 3.05) is 10.6 Å². The molecule has 5 heteroatoms. The quantitative estimate of drug-likeness (QED) is 0.422. The number of hydrogen-bond acceptors (Lipinski definition) is 3. The van der Waals surface area contributed by atoms with Crippen LogP contribution in [0.15, 0.2) is 60.9 Å². The van der Waals surface area contributed by atoms with Gasteiger partial charge in [-0.15, -0.1) is 0 Å². The van der Waals surface area contributed by atoms with E-state index in [1.807, 2.05) is 42.5 Å². The molecule has 31 heavy (non-hydrogen) atoms. The summed E-state index contributed by atoms with van der Waals surface area (Å²) in [5.41, 5.74) is 2.70. The zero-order valence-electron chi connectivity index (χ0n) is 18.2. The van der Waals surface area contributed by atoms with Crippen LogP contribution in [0.25, 0.3) is 10.8 Å². The Bertz CT molecular complexity index is 1010. The van der Waals surface area contributed by atoms with Gasteiger partial charge in [-0.2, -0.15) is 0 Å². The molecule has 3 N–H and O–H groups in total. The van der Waals surface area contributed by atoms with Gasteiger partial charge in [-0.3, -0.25) is 4.98 Å². The van der Waals surface area contributed by atoms with Crippen LogP contribution in [0.5, 0.6) is 0 Å². The highest BCUT2D eigenvalue weighted by atomic mass is 16.2. The van der Waals surface area contributed by atoms with Crippen LogP contribution in [0, 0.1) is 5.92 Å². The number of benzene rings is 2. The topological polar surface area (TPSA) is 66.0 Å². The van der Waals surface area contributed by atoms with Crippen molar-refractivity contribution < 1.29 is 4.79 Å². The molecule has 1 aliphatic carbocycles. The molecule has 1 heterocycles. The first-order valence-corrected chi connectivity index (χ1v) is 11.4. The van der Waals surface area contributed by atoms with Gasteiger partial charge in [0, 0.05) is 41.4 Å². The zero-order valence-corrected chi connectivity index (χ0v) is 18.2. The van der Waals surface area contributed by atoms with E-state index in [2.05, 4.69) is 33.9 Å². The Labute approximate surface area is 184 Å². The molecule has 4 rings (SSSR count). The van der Waals surface area contributed by atoms with Crippen molar-refractivity contribution >= 4 is 28.2 Å². The third-order valence-electron chi connectivity index (χ3n) is 6.25. The molecule has 2 amide bonds. The first kappa shape index (κ1) is 21.3. The van der Waals surface area contributed by atoms with Crippen molar-refractivity contribution in [1.29, 1.82) is 0 Å². The molecule has 0 unspecified atom stereocenters. The monoisotopic (exact) mass is 416 g/mol. The summed E-state index contributed by atoms with van der Waals surface area (Å²) in [5, 5.41) is 11.6. The van der Waals surface area contributed by atoms with Crippen LogP contribution in [0.3, 0.4) is 0 Å². The van der Waals surface area contributed by atoms with Crippen molar-refractivity contribution in [2.45, 2.75) is 58.0 Å².